The van der Waals surface area contributed by atoms with Gasteiger partial charge in [0.25, 0.3) is 10.0 Å². The average Bonchev–Trinajstić information content (AvgIpc) is 3.39. The minimum Gasteiger partial charge on any atom is -0.325 e. The van der Waals surface area contributed by atoms with Crippen molar-refractivity contribution in [2.24, 2.45) is 0 Å². The Morgan fingerprint density at radius 1 is 0.767 bits per heavy atom. The van der Waals surface area contributed by atoms with E-state index >= 15 is 0 Å². The SMILES string of the molecule is O=C(CN(Cc1ccc(Cl)c(Cl)c1)S(=O)(=O)c1ccc(Cl)cc1)Nc1ccc2c(c1)N(S(=O)(=O)c1ccc(Cl)cc1)CC2. The quantitative estimate of drug-likeness (QED) is 0.205. The van der Waals surface area contributed by atoms with Crippen molar-refractivity contribution in [3.05, 3.63) is 116 Å². The van der Waals surface area contributed by atoms with E-state index in [0.29, 0.717) is 38.4 Å². The van der Waals surface area contributed by atoms with Gasteiger partial charge < -0.3 is 5.32 Å². The number of nitrogens with one attached hydrogen (secondary N) is 1. The molecule has 0 spiro atoms. The largest absolute Gasteiger partial charge is 0.325 e. The molecule has 1 aliphatic rings. The monoisotopic (exact) mass is 697 g/mol. The molecule has 0 saturated carbocycles. The molecule has 0 saturated heterocycles. The molecule has 0 atom stereocenters. The minimum absolute atomic E-state index is 0.0506. The Kier molecular flexibility index (Phi) is 9.29. The van der Waals surface area contributed by atoms with Gasteiger partial charge in [0, 0.05) is 28.8 Å². The molecule has 1 heterocycles. The van der Waals surface area contributed by atoms with Gasteiger partial charge >= 0.3 is 0 Å². The van der Waals surface area contributed by atoms with E-state index in [2.05, 4.69) is 5.32 Å². The van der Waals surface area contributed by atoms with Crippen molar-refractivity contribution in [2.45, 2.75) is 22.8 Å². The molecule has 0 fully saturated rings. The zero-order valence-corrected chi connectivity index (χ0v) is 26.8. The minimum atomic E-state index is -4.16. The lowest BCUT2D eigenvalue weighted by atomic mass is 10.1. The first kappa shape index (κ1) is 31.6. The molecule has 224 valence electrons. The predicted octanol–water partition coefficient (Wildman–Crippen LogP) is 6.88. The molecule has 8 nitrogen and oxygen atoms in total. The number of fused-ring (bicyclic) bond motifs is 1. The lowest BCUT2D eigenvalue weighted by Gasteiger charge is -2.23. The Morgan fingerprint density at radius 2 is 1.40 bits per heavy atom. The number of amides is 1. The Morgan fingerprint density at radius 3 is 2.02 bits per heavy atom. The van der Waals surface area contributed by atoms with Crippen molar-refractivity contribution in [3.8, 4) is 0 Å². The third-order valence-electron chi connectivity index (χ3n) is 6.74. The maximum Gasteiger partial charge on any atom is 0.264 e. The van der Waals surface area contributed by atoms with Crippen LogP contribution in [0.25, 0.3) is 0 Å². The molecule has 14 heteroatoms. The molecule has 5 rings (SSSR count). The second-order valence-electron chi connectivity index (χ2n) is 9.65. The van der Waals surface area contributed by atoms with Gasteiger partial charge in [0.05, 0.1) is 32.1 Å². The van der Waals surface area contributed by atoms with Crippen LogP contribution in [0, 0.1) is 0 Å². The Bertz CT molecular complexity index is 1900. The fourth-order valence-corrected chi connectivity index (χ4v) is 8.05. The van der Waals surface area contributed by atoms with Gasteiger partial charge in [-0.25, -0.2) is 16.8 Å². The van der Waals surface area contributed by atoms with Crippen LogP contribution < -0.4 is 9.62 Å². The number of sulfonamides is 2. The molecular formula is C29H23Cl4N3O5S2. The Labute approximate surface area is 269 Å². The lowest BCUT2D eigenvalue weighted by molar-refractivity contribution is -0.116. The van der Waals surface area contributed by atoms with Crippen molar-refractivity contribution in [1.82, 2.24) is 4.31 Å². The number of halogens is 4. The van der Waals surface area contributed by atoms with E-state index in [1.165, 1.54) is 58.9 Å². The highest BCUT2D eigenvalue weighted by molar-refractivity contribution is 7.92. The van der Waals surface area contributed by atoms with Gasteiger partial charge in [-0.3, -0.25) is 9.10 Å². The molecule has 0 bridgehead atoms. The van der Waals surface area contributed by atoms with E-state index in [1.807, 2.05) is 0 Å². The van der Waals surface area contributed by atoms with Crippen molar-refractivity contribution >= 4 is 83.7 Å². The van der Waals surface area contributed by atoms with Crippen LogP contribution in [0.3, 0.4) is 0 Å². The normalized spacial score (nSPS) is 13.3. The van der Waals surface area contributed by atoms with E-state index in [1.54, 1.807) is 30.3 Å². The van der Waals surface area contributed by atoms with Crippen LogP contribution in [0.2, 0.25) is 20.1 Å². The van der Waals surface area contributed by atoms with Crippen LogP contribution in [0.4, 0.5) is 11.4 Å². The highest BCUT2D eigenvalue weighted by Gasteiger charge is 2.32. The maximum atomic E-state index is 13.6. The third-order valence-corrected chi connectivity index (χ3v) is 11.6. The Balaban J connectivity index is 1.40. The summed E-state index contributed by atoms with van der Waals surface area (Å²) < 4.78 is 56.3. The number of benzene rings is 4. The smallest absolute Gasteiger partial charge is 0.264 e. The number of carbonyl (C=O) groups is 1. The molecule has 0 unspecified atom stereocenters. The number of hydrogen-bond acceptors (Lipinski definition) is 5. The van der Waals surface area contributed by atoms with E-state index < -0.39 is 32.5 Å². The fraction of sp³-hybridized carbons (Fsp3) is 0.138. The zero-order chi connectivity index (χ0) is 30.9. The summed E-state index contributed by atoms with van der Waals surface area (Å²) >= 11 is 24.1. The van der Waals surface area contributed by atoms with Gasteiger partial charge in [-0.15, -0.1) is 0 Å². The summed E-state index contributed by atoms with van der Waals surface area (Å²) in [5.41, 5.74) is 2.04. The van der Waals surface area contributed by atoms with Gasteiger partial charge in [0.1, 0.15) is 0 Å². The summed E-state index contributed by atoms with van der Waals surface area (Å²) in [4.78, 5) is 13.3. The molecule has 1 N–H and O–H groups in total. The lowest BCUT2D eigenvalue weighted by Crippen LogP contribution is -2.37. The molecular weight excluding hydrogens is 676 g/mol. The highest BCUT2D eigenvalue weighted by Crippen LogP contribution is 2.35. The molecule has 0 aromatic heterocycles. The number of anilines is 2. The highest BCUT2D eigenvalue weighted by atomic mass is 35.5. The number of carbonyl (C=O) groups excluding carboxylic acids is 1. The van der Waals surface area contributed by atoms with E-state index in [-0.39, 0.29) is 27.9 Å². The van der Waals surface area contributed by atoms with Gasteiger partial charge in [0.2, 0.25) is 15.9 Å². The second kappa shape index (κ2) is 12.6. The second-order valence-corrected chi connectivity index (χ2v) is 15.1. The standard InChI is InChI=1S/C29H23Cl4N3O5S2/c30-21-3-8-24(9-4-21)42(38,39)35(17-19-1-12-26(32)27(33)15-19)18-29(37)34-23-7-2-20-13-14-36(28(20)16-23)43(40,41)25-10-5-22(31)6-11-25/h1-12,15-16H,13-14,17-18H2,(H,34,37). The fourth-order valence-electron chi connectivity index (χ4n) is 4.59. The molecule has 4 aromatic rings. The number of hydrogen-bond donors (Lipinski definition) is 1. The molecule has 4 aromatic carbocycles. The van der Waals surface area contributed by atoms with Crippen LogP contribution >= 0.6 is 46.4 Å². The van der Waals surface area contributed by atoms with Crippen molar-refractivity contribution in [2.75, 3.05) is 22.7 Å². The van der Waals surface area contributed by atoms with E-state index in [4.69, 9.17) is 46.4 Å². The first-order valence-electron chi connectivity index (χ1n) is 12.8. The first-order chi connectivity index (χ1) is 20.3. The summed E-state index contributed by atoms with van der Waals surface area (Å²) in [6, 6.07) is 21.1. The van der Waals surface area contributed by atoms with Crippen molar-refractivity contribution in [1.29, 1.82) is 0 Å². The van der Waals surface area contributed by atoms with E-state index in [0.717, 1.165) is 9.87 Å². The van der Waals surface area contributed by atoms with Gasteiger partial charge in [-0.2, -0.15) is 4.31 Å². The summed E-state index contributed by atoms with van der Waals surface area (Å²) in [6.07, 6.45) is 0.493. The zero-order valence-electron chi connectivity index (χ0n) is 22.2. The molecule has 43 heavy (non-hydrogen) atoms. The average molecular weight is 699 g/mol. The molecule has 0 aliphatic carbocycles. The van der Waals surface area contributed by atoms with Gasteiger partial charge in [-0.05, 0) is 90.3 Å². The summed E-state index contributed by atoms with van der Waals surface area (Å²) in [6.45, 7) is -0.490. The molecule has 1 amide bonds. The predicted molar refractivity (Wildman–Crippen MR) is 170 cm³/mol. The molecule has 1 aliphatic heterocycles. The van der Waals surface area contributed by atoms with Crippen LogP contribution in [-0.4, -0.2) is 40.1 Å². The number of rotatable bonds is 9. The topological polar surface area (TPSA) is 104 Å². The third kappa shape index (κ3) is 6.96. The van der Waals surface area contributed by atoms with Gasteiger partial charge in [-0.1, -0.05) is 58.5 Å². The van der Waals surface area contributed by atoms with E-state index in [9.17, 15) is 21.6 Å². The number of nitrogens with zero attached hydrogens (tertiary/aromatic N) is 2. The summed E-state index contributed by atoms with van der Waals surface area (Å²) in [5.74, 6) is -0.636. The van der Waals surface area contributed by atoms with Crippen molar-refractivity contribution < 1.29 is 21.6 Å². The van der Waals surface area contributed by atoms with Crippen LogP contribution in [0.5, 0.6) is 0 Å². The van der Waals surface area contributed by atoms with Crippen LogP contribution in [0.15, 0.2) is 94.7 Å². The summed E-state index contributed by atoms with van der Waals surface area (Å²) in [7, 11) is -8.04. The van der Waals surface area contributed by atoms with Crippen molar-refractivity contribution in [3.63, 3.8) is 0 Å². The van der Waals surface area contributed by atoms with Gasteiger partial charge in [0.15, 0.2) is 0 Å². The Hall–Kier alpha value is -2.83. The summed E-state index contributed by atoms with van der Waals surface area (Å²) in [5, 5.41) is 4.02. The molecule has 0 radical (unpaired) electrons. The van der Waals surface area contributed by atoms with Crippen LogP contribution in [-0.2, 0) is 37.8 Å². The maximum absolute atomic E-state index is 13.6. The van der Waals surface area contributed by atoms with Crippen LogP contribution in [0.1, 0.15) is 11.1 Å². The first-order valence-corrected chi connectivity index (χ1v) is 17.1.